The number of rotatable bonds is 7. The molecule has 4 heteroatoms. The molecule has 0 bridgehead atoms. The summed E-state index contributed by atoms with van der Waals surface area (Å²) in [6.07, 6.45) is 5.10. The predicted molar refractivity (Wildman–Crippen MR) is 86.2 cm³/mol. The van der Waals surface area contributed by atoms with E-state index in [1.54, 1.807) is 11.8 Å². The second kappa shape index (κ2) is 8.67. The Morgan fingerprint density at radius 3 is 2.60 bits per heavy atom. The van der Waals surface area contributed by atoms with Crippen molar-refractivity contribution in [3.63, 3.8) is 0 Å². The van der Waals surface area contributed by atoms with Gasteiger partial charge in [-0.25, -0.2) is 0 Å². The van der Waals surface area contributed by atoms with Gasteiger partial charge in [-0.1, -0.05) is 12.1 Å². The molecule has 0 aromatic heterocycles. The average molecular weight is 294 g/mol. The van der Waals surface area contributed by atoms with Crippen LogP contribution in [0.1, 0.15) is 24.8 Å². The molecule has 0 saturated carbocycles. The lowest BCUT2D eigenvalue weighted by Gasteiger charge is -2.29. The number of aliphatic hydroxyl groups is 1. The van der Waals surface area contributed by atoms with E-state index in [1.165, 1.54) is 16.9 Å². The number of likely N-dealkylation sites (tertiary alicyclic amines) is 1. The van der Waals surface area contributed by atoms with Crippen molar-refractivity contribution in [3.05, 3.63) is 29.8 Å². The molecule has 0 atom stereocenters. The van der Waals surface area contributed by atoms with Gasteiger partial charge in [-0.05, 0) is 56.3 Å². The number of nitrogens with one attached hydrogen (secondary N) is 1. The number of hydrogen-bond acceptors (Lipinski definition) is 4. The van der Waals surface area contributed by atoms with Gasteiger partial charge in [0, 0.05) is 24.5 Å². The highest BCUT2D eigenvalue weighted by Gasteiger charge is 2.15. The highest BCUT2D eigenvalue weighted by atomic mass is 32.2. The van der Waals surface area contributed by atoms with Crippen LogP contribution in [0.2, 0.25) is 0 Å². The highest BCUT2D eigenvalue weighted by Crippen LogP contribution is 2.14. The molecule has 112 valence electrons. The predicted octanol–water partition coefficient (Wildman–Crippen LogP) is 2.34. The fraction of sp³-hybridized carbons (Fsp3) is 0.625. The summed E-state index contributed by atoms with van der Waals surface area (Å²) in [6, 6.07) is 8.76. The number of benzene rings is 1. The largest absolute Gasteiger partial charge is 0.393 e. The van der Waals surface area contributed by atoms with Crippen molar-refractivity contribution in [1.29, 1.82) is 0 Å². The molecule has 0 aliphatic carbocycles. The highest BCUT2D eigenvalue weighted by molar-refractivity contribution is 7.98. The molecule has 1 aromatic carbocycles. The quantitative estimate of drug-likeness (QED) is 0.598. The number of aliphatic hydroxyl groups excluding tert-OH is 1. The summed E-state index contributed by atoms with van der Waals surface area (Å²) in [6.45, 7) is 5.26. The van der Waals surface area contributed by atoms with Crippen LogP contribution in [0, 0.1) is 0 Å². The molecule has 0 radical (unpaired) electrons. The molecule has 20 heavy (non-hydrogen) atoms. The first-order chi connectivity index (χ1) is 9.78. The van der Waals surface area contributed by atoms with Gasteiger partial charge in [-0.3, -0.25) is 0 Å². The molecule has 1 saturated heterocycles. The maximum absolute atomic E-state index is 9.46. The molecule has 0 amide bonds. The Kier molecular flexibility index (Phi) is 6.87. The van der Waals surface area contributed by atoms with Crippen molar-refractivity contribution < 1.29 is 5.11 Å². The van der Waals surface area contributed by atoms with Gasteiger partial charge in [0.25, 0.3) is 0 Å². The standard InChI is InChI=1S/C16H26N2OS/c1-20-16-5-3-14(4-6-16)13-17-9-2-10-18-11-7-15(19)8-12-18/h3-6,15,17,19H,2,7-13H2,1H3. The van der Waals surface area contributed by atoms with E-state index in [9.17, 15) is 5.11 Å². The second-order valence-electron chi connectivity index (χ2n) is 5.45. The first-order valence-corrected chi connectivity index (χ1v) is 8.74. The van der Waals surface area contributed by atoms with Crippen molar-refractivity contribution in [2.24, 2.45) is 0 Å². The van der Waals surface area contributed by atoms with Gasteiger partial charge in [0.2, 0.25) is 0 Å². The minimum atomic E-state index is -0.0615. The average Bonchev–Trinajstić information content (AvgIpc) is 2.49. The Balaban J connectivity index is 1.55. The van der Waals surface area contributed by atoms with Crippen LogP contribution in [-0.4, -0.2) is 48.5 Å². The Hall–Kier alpha value is -0.550. The summed E-state index contributed by atoms with van der Waals surface area (Å²) in [5.41, 5.74) is 1.35. The molecular formula is C16H26N2OS. The van der Waals surface area contributed by atoms with Crippen LogP contribution in [0.3, 0.4) is 0 Å². The van der Waals surface area contributed by atoms with Crippen LogP contribution in [-0.2, 0) is 6.54 Å². The first kappa shape index (κ1) is 15.8. The van der Waals surface area contributed by atoms with Crippen molar-refractivity contribution in [2.45, 2.75) is 36.8 Å². The Labute approximate surface area is 126 Å². The molecular weight excluding hydrogens is 268 g/mol. The van der Waals surface area contributed by atoms with E-state index in [0.29, 0.717) is 0 Å². The molecule has 0 unspecified atom stereocenters. The maximum Gasteiger partial charge on any atom is 0.0564 e. The molecule has 3 nitrogen and oxygen atoms in total. The molecule has 1 aliphatic heterocycles. The third kappa shape index (κ3) is 5.44. The van der Waals surface area contributed by atoms with Crippen LogP contribution in [0.4, 0.5) is 0 Å². The second-order valence-corrected chi connectivity index (χ2v) is 6.33. The zero-order valence-corrected chi connectivity index (χ0v) is 13.2. The van der Waals surface area contributed by atoms with E-state index in [2.05, 4.69) is 40.7 Å². The van der Waals surface area contributed by atoms with Crippen molar-refractivity contribution in [3.8, 4) is 0 Å². The van der Waals surface area contributed by atoms with Crippen LogP contribution in [0.5, 0.6) is 0 Å². The molecule has 1 aliphatic rings. The zero-order valence-electron chi connectivity index (χ0n) is 12.3. The fourth-order valence-corrected chi connectivity index (χ4v) is 2.95. The first-order valence-electron chi connectivity index (χ1n) is 7.52. The smallest absolute Gasteiger partial charge is 0.0564 e. The van der Waals surface area contributed by atoms with Gasteiger partial charge in [0.05, 0.1) is 6.10 Å². The lowest BCUT2D eigenvalue weighted by molar-refractivity contribution is 0.0821. The summed E-state index contributed by atoms with van der Waals surface area (Å²) >= 11 is 1.78. The summed E-state index contributed by atoms with van der Waals surface area (Å²) in [7, 11) is 0. The van der Waals surface area contributed by atoms with Gasteiger partial charge in [0.1, 0.15) is 0 Å². The van der Waals surface area contributed by atoms with Crippen molar-refractivity contribution in [1.82, 2.24) is 10.2 Å². The lowest BCUT2D eigenvalue weighted by Crippen LogP contribution is -2.37. The summed E-state index contributed by atoms with van der Waals surface area (Å²) in [4.78, 5) is 3.78. The lowest BCUT2D eigenvalue weighted by atomic mass is 10.1. The topological polar surface area (TPSA) is 35.5 Å². The normalized spacial score (nSPS) is 17.5. The number of piperidine rings is 1. The SMILES string of the molecule is CSc1ccc(CNCCCN2CCC(O)CC2)cc1. The molecule has 2 N–H and O–H groups in total. The summed E-state index contributed by atoms with van der Waals surface area (Å²) in [5.74, 6) is 0. The molecule has 1 aromatic rings. The number of hydrogen-bond donors (Lipinski definition) is 2. The summed E-state index contributed by atoms with van der Waals surface area (Å²) in [5, 5.41) is 13.0. The van der Waals surface area contributed by atoms with Crippen LogP contribution in [0.15, 0.2) is 29.2 Å². The Morgan fingerprint density at radius 1 is 1.25 bits per heavy atom. The minimum absolute atomic E-state index is 0.0615. The van der Waals surface area contributed by atoms with E-state index < -0.39 is 0 Å². The fourth-order valence-electron chi connectivity index (χ4n) is 2.55. The zero-order chi connectivity index (χ0) is 14.2. The van der Waals surface area contributed by atoms with Gasteiger partial charge < -0.3 is 15.3 Å². The maximum atomic E-state index is 9.46. The van der Waals surface area contributed by atoms with Crippen molar-refractivity contribution in [2.75, 3.05) is 32.4 Å². The monoisotopic (exact) mass is 294 g/mol. The van der Waals surface area contributed by atoms with E-state index in [-0.39, 0.29) is 6.10 Å². The van der Waals surface area contributed by atoms with E-state index >= 15 is 0 Å². The van der Waals surface area contributed by atoms with E-state index in [1.807, 2.05) is 0 Å². The number of nitrogens with zero attached hydrogens (tertiary/aromatic N) is 1. The minimum Gasteiger partial charge on any atom is -0.393 e. The van der Waals surface area contributed by atoms with Gasteiger partial charge in [-0.15, -0.1) is 11.8 Å². The van der Waals surface area contributed by atoms with Crippen molar-refractivity contribution >= 4 is 11.8 Å². The van der Waals surface area contributed by atoms with E-state index in [0.717, 1.165) is 45.6 Å². The van der Waals surface area contributed by atoms with Gasteiger partial charge in [-0.2, -0.15) is 0 Å². The molecule has 0 spiro atoms. The third-order valence-corrected chi connectivity index (χ3v) is 4.62. The third-order valence-electron chi connectivity index (χ3n) is 3.87. The molecule has 1 heterocycles. The Morgan fingerprint density at radius 2 is 1.95 bits per heavy atom. The number of thioether (sulfide) groups is 1. The van der Waals surface area contributed by atoms with Crippen LogP contribution >= 0.6 is 11.8 Å². The van der Waals surface area contributed by atoms with Gasteiger partial charge >= 0.3 is 0 Å². The van der Waals surface area contributed by atoms with Gasteiger partial charge in [0.15, 0.2) is 0 Å². The summed E-state index contributed by atoms with van der Waals surface area (Å²) < 4.78 is 0. The Bertz CT molecular complexity index is 375. The van der Waals surface area contributed by atoms with E-state index in [4.69, 9.17) is 0 Å². The van der Waals surface area contributed by atoms with Crippen LogP contribution < -0.4 is 5.32 Å². The molecule has 1 fully saturated rings. The van der Waals surface area contributed by atoms with Crippen LogP contribution in [0.25, 0.3) is 0 Å². The molecule has 2 rings (SSSR count).